The van der Waals surface area contributed by atoms with Crippen molar-refractivity contribution in [3.63, 3.8) is 0 Å². The van der Waals surface area contributed by atoms with Crippen molar-refractivity contribution >= 4 is 0 Å². The molecule has 2 aliphatic rings. The van der Waals surface area contributed by atoms with Gasteiger partial charge < -0.3 is 19.3 Å². The molecule has 0 bridgehead atoms. The zero-order chi connectivity index (χ0) is 9.64. The monoisotopic (exact) mass is 186 g/mol. The van der Waals surface area contributed by atoms with E-state index in [1.807, 2.05) is 13.8 Å². The standard InChI is InChI=1S/C9H14O4/c1-4-5-6-7(8(10)11-5)13-9(2,3)12-6/h4-8,10H,1H2,2-3H3/t5-,6+,7?,8?/m0/s1. The molecular weight excluding hydrogens is 172 g/mol. The summed E-state index contributed by atoms with van der Waals surface area (Å²) in [4.78, 5) is 0. The van der Waals surface area contributed by atoms with E-state index in [1.54, 1.807) is 6.08 Å². The molecule has 2 heterocycles. The predicted molar refractivity (Wildman–Crippen MR) is 44.9 cm³/mol. The normalized spacial score (nSPS) is 47.6. The quantitative estimate of drug-likeness (QED) is 0.602. The van der Waals surface area contributed by atoms with Gasteiger partial charge in [-0.2, -0.15) is 0 Å². The van der Waals surface area contributed by atoms with E-state index in [0.717, 1.165) is 0 Å². The third-order valence-corrected chi connectivity index (χ3v) is 2.30. The minimum atomic E-state index is -0.908. The van der Waals surface area contributed by atoms with Crippen LogP contribution in [0.25, 0.3) is 0 Å². The molecule has 74 valence electrons. The Morgan fingerprint density at radius 1 is 1.31 bits per heavy atom. The van der Waals surface area contributed by atoms with Crippen molar-refractivity contribution in [2.45, 2.75) is 44.2 Å². The highest BCUT2D eigenvalue weighted by atomic mass is 16.8. The highest BCUT2D eigenvalue weighted by molar-refractivity contribution is 5.01. The van der Waals surface area contributed by atoms with Crippen LogP contribution in [0.1, 0.15) is 13.8 Å². The molecule has 2 saturated heterocycles. The van der Waals surface area contributed by atoms with E-state index < -0.39 is 18.2 Å². The zero-order valence-electron chi connectivity index (χ0n) is 7.77. The summed E-state index contributed by atoms with van der Waals surface area (Å²) in [5.74, 6) is -0.638. The SMILES string of the molecule is C=C[C@@H]1OC(O)C2OC(C)(C)O[C@@H]21. The van der Waals surface area contributed by atoms with Crippen molar-refractivity contribution in [3.8, 4) is 0 Å². The zero-order valence-corrected chi connectivity index (χ0v) is 7.77. The van der Waals surface area contributed by atoms with Crippen LogP contribution in [0, 0.1) is 0 Å². The van der Waals surface area contributed by atoms with E-state index in [9.17, 15) is 5.11 Å². The third-order valence-electron chi connectivity index (χ3n) is 2.30. The number of aliphatic hydroxyl groups excluding tert-OH is 1. The van der Waals surface area contributed by atoms with Gasteiger partial charge in [0.15, 0.2) is 12.1 Å². The summed E-state index contributed by atoms with van der Waals surface area (Å²) in [6.07, 6.45) is -0.185. The molecule has 4 nitrogen and oxygen atoms in total. The second kappa shape index (κ2) is 2.78. The van der Waals surface area contributed by atoms with Gasteiger partial charge in [0.25, 0.3) is 0 Å². The molecule has 4 atom stereocenters. The molecule has 13 heavy (non-hydrogen) atoms. The molecule has 1 N–H and O–H groups in total. The average molecular weight is 186 g/mol. The second-order valence-corrected chi connectivity index (χ2v) is 3.79. The van der Waals surface area contributed by atoms with Gasteiger partial charge in [0, 0.05) is 0 Å². The molecule has 2 rings (SSSR count). The molecule has 0 aliphatic carbocycles. The number of fused-ring (bicyclic) bond motifs is 1. The first kappa shape index (κ1) is 9.15. The minimum absolute atomic E-state index is 0.234. The molecule has 4 heteroatoms. The van der Waals surface area contributed by atoms with Crippen LogP contribution < -0.4 is 0 Å². The van der Waals surface area contributed by atoms with Crippen LogP contribution in [-0.2, 0) is 14.2 Å². The van der Waals surface area contributed by atoms with Crippen molar-refractivity contribution in [1.82, 2.24) is 0 Å². The smallest absolute Gasteiger partial charge is 0.184 e. The topological polar surface area (TPSA) is 47.9 Å². The molecule has 0 aromatic carbocycles. The maximum absolute atomic E-state index is 9.46. The molecule has 0 spiro atoms. The van der Waals surface area contributed by atoms with Gasteiger partial charge >= 0.3 is 0 Å². The summed E-state index contributed by atoms with van der Waals surface area (Å²) >= 11 is 0. The minimum Gasteiger partial charge on any atom is -0.366 e. The number of ether oxygens (including phenoxy) is 3. The van der Waals surface area contributed by atoms with Crippen molar-refractivity contribution in [1.29, 1.82) is 0 Å². The second-order valence-electron chi connectivity index (χ2n) is 3.79. The van der Waals surface area contributed by atoms with Crippen molar-refractivity contribution in [2.75, 3.05) is 0 Å². The summed E-state index contributed by atoms with van der Waals surface area (Å²) in [6, 6.07) is 0. The first-order chi connectivity index (χ1) is 6.03. The summed E-state index contributed by atoms with van der Waals surface area (Å²) in [5.41, 5.74) is 0. The van der Waals surface area contributed by atoms with Gasteiger partial charge in [-0.15, -0.1) is 6.58 Å². The van der Waals surface area contributed by atoms with Crippen LogP contribution in [-0.4, -0.2) is 35.5 Å². The maximum Gasteiger partial charge on any atom is 0.184 e. The van der Waals surface area contributed by atoms with Gasteiger partial charge in [-0.25, -0.2) is 0 Å². The lowest BCUT2D eigenvalue weighted by molar-refractivity contribution is -0.214. The average Bonchev–Trinajstić information content (AvgIpc) is 2.47. The summed E-state index contributed by atoms with van der Waals surface area (Å²) < 4.78 is 16.2. The fourth-order valence-electron chi connectivity index (χ4n) is 1.80. The lowest BCUT2D eigenvalue weighted by Crippen LogP contribution is -2.29. The van der Waals surface area contributed by atoms with Crippen LogP contribution in [0.5, 0.6) is 0 Å². The molecule has 0 radical (unpaired) electrons. The largest absolute Gasteiger partial charge is 0.366 e. The molecule has 0 aromatic heterocycles. The van der Waals surface area contributed by atoms with Crippen LogP contribution >= 0.6 is 0 Å². The van der Waals surface area contributed by atoms with Crippen LogP contribution in [0.15, 0.2) is 12.7 Å². The van der Waals surface area contributed by atoms with Gasteiger partial charge in [0.2, 0.25) is 0 Å². The van der Waals surface area contributed by atoms with Gasteiger partial charge in [-0.1, -0.05) is 6.08 Å². The maximum atomic E-state index is 9.46. The van der Waals surface area contributed by atoms with E-state index in [0.29, 0.717) is 0 Å². The first-order valence-electron chi connectivity index (χ1n) is 4.35. The first-order valence-corrected chi connectivity index (χ1v) is 4.35. The number of hydrogen-bond donors (Lipinski definition) is 1. The van der Waals surface area contributed by atoms with Gasteiger partial charge in [-0.05, 0) is 13.8 Å². The van der Waals surface area contributed by atoms with Gasteiger partial charge in [0.1, 0.15) is 18.3 Å². The lowest BCUT2D eigenvalue weighted by Gasteiger charge is -2.21. The molecule has 0 amide bonds. The van der Waals surface area contributed by atoms with Gasteiger partial charge in [-0.3, -0.25) is 0 Å². The Hall–Kier alpha value is -0.420. The summed E-state index contributed by atoms with van der Waals surface area (Å²) in [6.45, 7) is 7.25. The summed E-state index contributed by atoms with van der Waals surface area (Å²) in [5, 5.41) is 9.46. The lowest BCUT2D eigenvalue weighted by atomic mass is 10.1. The van der Waals surface area contributed by atoms with E-state index in [4.69, 9.17) is 14.2 Å². The molecule has 0 aromatic rings. The Morgan fingerprint density at radius 2 is 1.92 bits per heavy atom. The molecule has 2 aliphatic heterocycles. The molecule has 2 unspecified atom stereocenters. The predicted octanol–water partition coefficient (Wildman–Crippen LogP) is 0.410. The van der Waals surface area contributed by atoms with E-state index in [2.05, 4.69) is 6.58 Å². The van der Waals surface area contributed by atoms with Crippen LogP contribution in [0.4, 0.5) is 0 Å². The Labute approximate surface area is 77.1 Å². The van der Waals surface area contributed by atoms with Gasteiger partial charge in [0.05, 0.1) is 0 Å². The fourth-order valence-corrected chi connectivity index (χ4v) is 1.80. The Kier molecular flexibility index (Phi) is 1.96. The highest BCUT2D eigenvalue weighted by Crippen LogP contribution is 2.37. The highest BCUT2D eigenvalue weighted by Gasteiger charge is 2.53. The Morgan fingerprint density at radius 3 is 2.54 bits per heavy atom. The van der Waals surface area contributed by atoms with E-state index in [-0.39, 0.29) is 12.2 Å². The van der Waals surface area contributed by atoms with Crippen molar-refractivity contribution in [2.24, 2.45) is 0 Å². The van der Waals surface area contributed by atoms with Crippen LogP contribution in [0.2, 0.25) is 0 Å². The Bertz CT molecular complexity index is 226. The summed E-state index contributed by atoms with van der Waals surface area (Å²) in [7, 11) is 0. The third kappa shape index (κ3) is 1.40. The van der Waals surface area contributed by atoms with E-state index in [1.165, 1.54) is 0 Å². The number of hydrogen-bond acceptors (Lipinski definition) is 4. The van der Waals surface area contributed by atoms with E-state index >= 15 is 0 Å². The van der Waals surface area contributed by atoms with Crippen molar-refractivity contribution < 1.29 is 19.3 Å². The molecule has 0 saturated carbocycles. The van der Waals surface area contributed by atoms with Crippen LogP contribution in [0.3, 0.4) is 0 Å². The van der Waals surface area contributed by atoms with Crippen molar-refractivity contribution in [3.05, 3.63) is 12.7 Å². The number of rotatable bonds is 1. The Balaban J connectivity index is 2.17. The number of aliphatic hydroxyl groups is 1. The molecular formula is C9H14O4. The fraction of sp³-hybridized carbons (Fsp3) is 0.778. The molecule has 2 fully saturated rings.